The summed E-state index contributed by atoms with van der Waals surface area (Å²) in [4.78, 5) is 0. The molecule has 0 aliphatic rings. The van der Waals surface area contributed by atoms with E-state index in [9.17, 15) is 4.39 Å². The topological polar surface area (TPSA) is 21.3 Å². The van der Waals surface area contributed by atoms with Gasteiger partial charge in [0.1, 0.15) is 11.6 Å². The predicted octanol–water partition coefficient (Wildman–Crippen LogP) is 4.31. The van der Waals surface area contributed by atoms with Crippen molar-refractivity contribution in [3.63, 3.8) is 0 Å². The van der Waals surface area contributed by atoms with Gasteiger partial charge in [-0.2, -0.15) is 0 Å². The molecule has 0 amide bonds. The summed E-state index contributed by atoms with van der Waals surface area (Å²) < 4.78 is 18.7. The maximum absolute atomic E-state index is 13.0. The molecule has 0 saturated carbocycles. The lowest BCUT2D eigenvalue weighted by Gasteiger charge is -2.17. The van der Waals surface area contributed by atoms with Gasteiger partial charge in [0.15, 0.2) is 0 Å². The Morgan fingerprint density at radius 1 is 1.00 bits per heavy atom. The Bertz CT molecular complexity index is 536. The molecule has 112 valence electrons. The van der Waals surface area contributed by atoms with Crippen molar-refractivity contribution in [1.29, 1.82) is 0 Å². The number of ether oxygens (including phenoxy) is 1. The van der Waals surface area contributed by atoms with Crippen LogP contribution in [-0.4, -0.2) is 13.7 Å². The molecule has 2 aromatic carbocycles. The predicted molar refractivity (Wildman–Crippen MR) is 84.1 cm³/mol. The monoisotopic (exact) mass is 287 g/mol. The largest absolute Gasteiger partial charge is 0.494 e. The smallest absolute Gasteiger partial charge is 0.123 e. The van der Waals surface area contributed by atoms with Gasteiger partial charge in [-0.05, 0) is 48.9 Å². The second-order valence-electron chi connectivity index (χ2n) is 5.04. The Labute approximate surface area is 126 Å². The number of benzene rings is 2. The lowest BCUT2D eigenvalue weighted by atomic mass is 9.99. The summed E-state index contributed by atoms with van der Waals surface area (Å²) in [5.74, 6) is 0.675. The van der Waals surface area contributed by atoms with E-state index in [0.717, 1.165) is 36.3 Å². The third-order valence-corrected chi connectivity index (χ3v) is 3.47. The highest BCUT2D eigenvalue weighted by Gasteiger charge is 2.11. The number of rotatable bonds is 7. The van der Waals surface area contributed by atoms with Crippen LogP contribution in [0.2, 0.25) is 0 Å². The SMILES string of the molecule is CCCCOc1ccc(C(NC)c2ccc(F)cc2)cc1. The average molecular weight is 287 g/mol. The van der Waals surface area contributed by atoms with Gasteiger partial charge in [-0.25, -0.2) is 4.39 Å². The Balaban J connectivity index is 2.09. The third-order valence-electron chi connectivity index (χ3n) is 3.47. The molecular weight excluding hydrogens is 265 g/mol. The number of unbranched alkanes of at least 4 members (excludes halogenated alkanes) is 1. The van der Waals surface area contributed by atoms with Gasteiger partial charge in [-0.3, -0.25) is 0 Å². The fourth-order valence-corrected chi connectivity index (χ4v) is 2.27. The normalized spacial score (nSPS) is 12.1. The Morgan fingerprint density at radius 3 is 2.10 bits per heavy atom. The summed E-state index contributed by atoms with van der Waals surface area (Å²) in [7, 11) is 1.90. The van der Waals surface area contributed by atoms with E-state index in [1.54, 1.807) is 0 Å². The zero-order valence-electron chi connectivity index (χ0n) is 12.6. The van der Waals surface area contributed by atoms with Crippen LogP contribution in [0, 0.1) is 5.82 Å². The Morgan fingerprint density at radius 2 is 1.57 bits per heavy atom. The lowest BCUT2D eigenvalue weighted by Crippen LogP contribution is -2.17. The van der Waals surface area contributed by atoms with Crippen molar-refractivity contribution < 1.29 is 9.13 Å². The second kappa shape index (κ2) is 7.79. The van der Waals surface area contributed by atoms with E-state index in [1.807, 2.05) is 43.4 Å². The maximum atomic E-state index is 13.0. The first-order valence-electron chi connectivity index (χ1n) is 7.40. The molecule has 3 heteroatoms. The Kier molecular flexibility index (Phi) is 5.76. The number of hydrogen-bond acceptors (Lipinski definition) is 2. The zero-order chi connectivity index (χ0) is 15.1. The molecule has 0 heterocycles. The van der Waals surface area contributed by atoms with Gasteiger partial charge >= 0.3 is 0 Å². The van der Waals surface area contributed by atoms with E-state index in [4.69, 9.17) is 4.74 Å². The first kappa shape index (κ1) is 15.5. The molecule has 2 aromatic rings. The van der Waals surface area contributed by atoms with Crippen molar-refractivity contribution in [2.45, 2.75) is 25.8 Å². The molecular formula is C18H22FNO. The molecule has 2 nitrogen and oxygen atoms in total. The summed E-state index contributed by atoms with van der Waals surface area (Å²) in [6.07, 6.45) is 2.20. The van der Waals surface area contributed by atoms with Crippen LogP contribution in [0.1, 0.15) is 36.9 Å². The van der Waals surface area contributed by atoms with Gasteiger partial charge in [0.2, 0.25) is 0 Å². The van der Waals surface area contributed by atoms with Crippen molar-refractivity contribution in [1.82, 2.24) is 5.32 Å². The molecule has 1 atom stereocenters. The van der Waals surface area contributed by atoms with Gasteiger partial charge in [0.25, 0.3) is 0 Å². The molecule has 0 saturated heterocycles. The van der Waals surface area contributed by atoms with Crippen LogP contribution in [0.15, 0.2) is 48.5 Å². The molecule has 0 aliphatic heterocycles. The fourth-order valence-electron chi connectivity index (χ4n) is 2.27. The van der Waals surface area contributed by atoms with E-state index in [2.05, 4.69) is 12.2 Å². The summed E-state index contributed by atoms with van der Waals surface area (Å²) in [6.45, 7) is 2.90. The minimum Gasteiger partial charge on any atom is -0.494 e. The maximum Gasteiger partial charge on any atom is 0.123 e. The van der Waals surface area contributed by atoms with Crippen LogP contribution in [0.25, 0.3) is 0 Å². The molecule has 0 fully saturated rings. The number of nitrogens with one attached hydrogen (secondary N) is 1. The minimum absolute atomic E-state index is 0.0512. The Hall–Kier alpha value is -1.87. The second-order valence-corrected chi connectivity index (χ2v) is 5.04. The van der Waals surface area contributed by atoms with Crippen LogP contribution >= 0.6 is 0 Å². The van der Waals surface area contributed by atoms with E-state index in [1.165, 1.54) is 12.1 Å². The lowest BCUT2D eigenvalue weighted by molar-refractivity contribution is 0.309. The molecule has 0 radical (unpaired) electrons. The van der Waals surface area contributed by atoms with Crippen molar-refractivity contribution >= 4 is 0 Å². The number of hydrogen-bond donors (Lipinski definition) is 1. The first-order valence-corrected chi connectivity index (χ1v) is 7.40. The molecule has 0 spiro atoms. The molecule has 1 unspecified atom stereocenters. The third kappa shape index (κ3) is 4.30. The van der Waals surface area contributed by atoms with Crippen LogP contribution in [-0.2, 0) is 0 Å². The van der Waals surface area contributed by atoms with Gasteiger partial charge in [-0.15, -0.1) is 0 Å². The average Bonchev–Trinajstić information content (AvgIpc) is 2.52. The molecule has 21 heavy (non-hydrogen) atoms. The van der Waals surface area contributed by atoms with Crippen molar-refractivity contribution in [3.8, 4) is 5.75 Å². The summed E-state index contributed by atoms with van der Waals surface area (Å²) in [6, 6.07) is 14.7. The van der Waals surface area contributed by atoms with Gasteiger partial charge in [0.05, 0.1) is 12.6 Å². The van der Waals surface area contributed by atoms with Gasteiger partial charge in [-0.1, -0.05) is 37.6 Å². The molecule has 2 rings (SSSR count). The molecule has 0 aromatic heterocycles. The van der Waals surface area contributed by atoms with Crippen molar-refractivity contribution in [3.05, 3.63) is 65.5 Å². The van der Waals surface area contributed by atoms with Crippen LogP contribution in [0.3, 0.4) is 0 Å². The number of halogens is 1. The first-order chi connectivity index (χ1) is 10.2. The van der Waals surface area contributed by atoms with E-state index in [-0.39, 0.29) is 11.9 Å². The van der Waals surface area contributed by atoms with Crippen molar-refractivity contribution in [2.75, 3.05) is 13.7 Å². The van der Waals surface area contributed by atoms with E-state index in [0.29, 0.717) is 0 Å². The van der Waals surface area contributed by atoms with Gasteiger partial charge in [0, 0.05) is 0 Å². The summed E-state index contributed by atoms with van der Waals surface area (Å²) in [5, 5.41) is 3.26. The summed E-state index contributed by atoms with van der Waals surface area (Å²) >= 11 is 0. The van der Waals surface area contributed by atoms with Gasteiger partial charge < -0.3 is 10.1 Å². The highest BCUT2D eigenvalue weighted by Crippen LogP contribution is 2.24. The van der Waals surface area contributed by atoms with Crippen LogP contribution < -0.4 is 10.1 Å². The van der Waals surface area contributed by atoms with E-state index < -0.39 is 0 Å². The van der Waals surface area contributed by atoms with Crippen LogP contribution in [0.4, 0.5) is 4.39 Å². The highest BCUT2D eigenvalue weighted by atomic mass is 19.1. The standard InChI is InChI=1S/C18H22FNO/c1-3-4-13-21-17-11-7-15(8-12-17)18(20-2)14-5-9-16(19)10-6-14/h5-12,18,20H,3-4,13H2,1-2H3. The molecule has 0 bridgehead atoms. The van der Waals surface area contributed by atoms with Crippen LogP contribution in [0.5, 0.6) is 5.75 Å². The zero-order valence-corrected chi connectivity index (χ0v) is 12.6. The quantitative estimate of drug-likeness (QED) is 0.766. The summed E-state index contributed by atoms with van der Waals surface area (Å²) in [5.41, 5.74) is 2.17. The van der Waals surface area contributed by atoms with E-state index >= 15 is 0 Å². The molecule has 1 N–H and O–H groups in total. The highest BCUT2D eigenvalue weighted by molar-refractivity contribution is 5.35. The fraction of sp³-hybridized carbons (Fsp3) is 0.333. The minimum atomic E-state index is -0.215. The molecule has 0 aliphatic carbocycles. The van der Waals surface area contributed by atoms with Crippen molar-refractivity contribution in [2.24, 2.45) is 0 Å².